The lowest BCUT2D eigenvalue weighted by atomic mass is 10.0. The predicted molar refractivity (Wildman–Crippen MR) is 100 cm³/mol. The molecule has 3 rings (SSSR count). The first kappa shape index (κ1) is 22.7. The molecule has 1 fully saturated rings. The molecule has 1 aromatic carbocycles. The smallest absolute Gasteiger partial charge is 0.353 e. The van der Waals surface area contributed by atoms with Gasteiger partial charge in [0.2, 0.25) is 5.91 Å². The topological polar surface area (TPSA) is 74.3 Å². The van der Waals surface area contributed by atoms with E-state index in [1.165, 1.54) is 17.9 Å². The summed E-state index contributed by atoms with van der Waals surface area (Å²) in [5.74, 6) is -2.87. The first-order valence-corrected chi connectivity index (χ1v) is 9.40. The van der Waals surface area contributed by atoms with E-state index in [2.05, 4.69) is 15.6 Å². The number of alkyl halides is 3. The monoisotopic (exact) mass is 462 g/mol. The highest BCUT2D eigenvalue weighted by Crippen LogP contribution is 2.32. The standard InChI is InChI=1S/C19H16ClF5N4O2/c1-9-17(30)26-6-7-29(9)18(31)28-15(10-2-3-11(20)13(22)8-10)14-5-4-12(21)16(27-14)19(23,24)25/h2-5,8-9,15H,6-7H2,1H3,(H,26,30)(H,28,31)/t9-,15+/m1/s1. The summed E-state index contributed by atoms with van der Waals surface area (Å²) >= 11 is 5.67. The Bertz CT molecular complexity index is 1020. The average Bonchev–Trinajstić information content (AvgIpc) is 2.70. The fraction of sp³-hybridized carbons (Fsp3) is 0.316. The van der Waals surface area contributed by atoms with Crippen molar-refractivity contribution >= 4 is 23.5 Å². The highest BCUT2D eigenvalue weighted by molar-refractivity contribution is 6.30. The van der Waals surface area contributed by atoms with Crippen molar-refractivity contribution in [3.63, 3.8) is 0 Å². The minimum atomic E-state index is -5.08. The van der Waals surface area contributed by atoms with E-state index in [0.717, 1.165) is 18.2 Å². The summed E-state index contributed by atoms with van der Waals surface area (Å²) in [6, 6.07) is 1.89. The molecule has 166 valence electrons. The normalized spacial score (nSPS) is 17.8. The summed E-state index contributed by atoms with van der Waals surface area (Å²) in [7, 11) is 0. The van der Waals surface area contributed by atoms with E-state index >= 15 is 0 Å². The molecular weight excluding hydrogens is 447 g/mol. The van der Waals surface area contributed by atoms with Crippen LogP contribution in [0.2, 0.25) is 5.02 Å². The van der Waals surface area contributed by atoms with Gasteiger partial charge in [-0.25, -0.2) is 18.6 Å². The lowest BCUT2D eigenvalue weighted by Gasteiger charge is -2.34. The maximum absolute atomic E-state index is 14.0. The Morgan fingerprint density at radius 2 is 1.97 bits per heavy atom. The zero-order chi connectivity index (χ0) is 22.9. The van der Waals surface area contributed by atoms with E-state index in [-0.39, 0.29) is 29.4 Å². The third kappa shape index (κ3) is 4.87. The average molecular weight is 463 g/mol. The van der Waals surface area contributed by atoms with Crippen molar-refractivity contribution in [2.24, 2.45) is 0 Å². The minimum Gasteiger partial charge on any atom is -0.353 e. The van der Waals surface area contributed by atoms with Crippen LogP contribution in [0.4, 0.5) is 26.7 Å². The fourth-order valence-corrected chi connectivity index (χ4v) is 3.22. The molecule has 1 aliphatic heterocycles. The van der Waals surface area contributed by atoms with Crippen LogP contribution in [0.25, 0.3) is 0 Å². The third-order valence-corrected chi connectivity index (χ3v) is 5.04. The van der Waals surface area contributed by atoms with Gasteiger partial charge in [0.25, 0.3) is 0 Å². The molecule has 0 unspecified atom stereocenters. The van der Waals surface area contributed by atoms with Crippen LogP contribution in [0.15, 0.2) is 30.3 Å². The van der Waals surface area contributed by atoms with Crippen LogP contribution in [0, 0.1) is 11.6 Å². The number of halogens is 6. The Kier molecular flexibility index (Phi) is 6.35. The number of carbonyl (C=O) groups is 2. The molecule has 0 saturated carbocycles. The molecular formula is C19H16ClF5N4O2. The number of pyridine rings is 1. The molecule has 1 saturated heterocycles. The third-order valence-electron chi connectivity index (χ3n) is 4.74. The Morgan fingerprint density at radius 3 is 2.61 bits per heavy atom. The molecule has 31 heavy (non-hydrogen) atoms. The van der Waals surface area contributed by atoms with Crippen molar-refractivity contribution in [1.29, 1.82) is 0 Å². The van der Waals surface area contributed by atoms with Gasteiger partial charge in [-0.3, -0.25) is 4.79 Å². The van der Waals surface area contributed by atoms with Gasteiger partial charge in [-0.15, -0.1) is 0 Å². The van der Waals surface area contributed by atoms with Gasteiger partial charge in [-0.05, 0) is 36.8 Å². The first-order valence-electron chi connectivity index (χ1n) is 9.02. The molecule has 2 heterocycles. The Balaban J connectivity index is 2.03. The van der Waals surface area contributed by atoms with Crippen molar-refractivity contribution in [1.82, 2.24) is 20.5 Å². The SMILES string of the molecule is C[C@@H]1C(=O)NCCN1C(=O)N[C@@H](c1ccc(Cl)c(F)c1)c1ccc(F)c(C(F)(F)F)n1. The lowest BCUT2D eigenvalue weighted by Crippen LogP contribution is -2.58. The van der Waals surface area contributed by atoms with E-state index < -0.39 is 47.5 Å². The fourth-order valence-electron chi connectivity index (χ4n) is 3.10. The van der Waals surface area contributed by atoms with Crippen LogP contribution in [0.5, 0.6) is 0 Å². The number of nitrogens with zero attached hydrogens (tertiary/aromatic N) is 2. The molecule has 0 aliphatic carbocycles. The quantitative estimate of drug-likeness (QED) is 0.684. The number of hydrogen-bond acceptors (Lipinski definition) is 3. The molecule has 1 aliphatic rings. The number of benzene rings is 1. The second-order valence-corrected chi connectivity index (χ2v) is 7.19. The highest BCUT2D eigenvalue weighted by Gasteiger charge is 2.38. The summed E-state index contributed by atoms with van der Waals surface area (Å²) in [6.45, 7) is 1.80. The van der Waals surface area contributed by atoms with Crippen LogP contribution < -0.4 is 10.6 Å². The molecule has 0 radical (unpaired) electrons. The number of aromatic nitrogens is 1. The zero-order valence-electron chi connectivity index (χ0n) is 15.9. The summed E-state index contributed by atoms with van der Waals surface area (Å²) in [5, 5.41) is 4.80. The van der Waals surface area contributed by atoms with Crippen LogP contribution in [-0.2, 0) is 11.0 Å². The van der Waals surface area contributed by atoms with E-state index in [1.54, 1.807) is 0 Å². The van der Waals surface area contributed by atoms with Gasteiger partial charge in [-0.1, -0.05) is 17.7 Å². The zero-order valence-corrected chi connectivity index (χ0v) is 16.7. The number of nitrogens with one attached hydrogen (secondary N) is 2. The molecule has 2 N–H and O–H groups in total. The van der Waals surface area contributed by atoms with Crippen molar-refractivity contribution in [3.8, 4) is 0 Å². The van der Waals surface area contributed by atoms with Gasteiger partial charge in [0.05, 0.1) is 16.8 Å². The van der Waals surface area contributed by atoms with Crippen LogP contribution in [0.3, 0.4) is 0 Å². The van der Waals surface area contributed by atoms with Gasteiger partial charge in [0, 0.05) is 13.1 Å². The summed E-state index contributed by atoms with van der Waals surface area (Å²) in [4.78, 5) is 29.1. The number of amides is 3. The second kappa shape index (κ2) is 8.66. The molecule has 2 atom stereocenters. The molecule has 2 aromatic rings. The van der Waals surface area contributed by atoms with Crippen LogP contribution in [-0.4, -0.2) is 41.0 Å². The van der Waals surface area contributed by atoms with E-state index in [9.17, 15) is 31.5 Å². The lowest BCUT2D eigenvalue weighted by molar-refractivity contribution is -0.143. The first-order chi connectivity index (χ1) is 14.5. The van der Waals surface area contributed by atoms with Gasteiger partial charge >= 0.3 is 12.2 Å². The molecule has 6 nitrogen and oxygen atoms in total. The molecule has 0 bridgehead atoms. The van der Waals surface area contributed by atoms with Crippen molar-refractivity contribution in [2.45, 2.75) is 25.2 Å². The Hall–Kier alpha value is -2.95. The number of rotatable bonds is 3. The number of hydrogen-bond donors (Lipinski definition) is 2. The minimum absolute atomic E-state index is 0.0246. The molecule has 12 heteroatoms. The Labute approximate surface area is 178 Å². The number of carbonyl (C=O) groups excluding carboxylic acids is 2. The van der Waals surface area contributed by atoms with E-state index in [1.807, 2.05) is 0 Å². The maximum Gasteiger partial charge on any atom is 0.436 e. The maximum atomic E-state index is 14.0. The van der Waals surface area contributed by atoms with Crippen LogP contribution >= 0.6 is 11.6 Å². The van der Waals surface area contributed by atoms with E-state index in [4.69, 9.17) is 11.6 Å². The Morgan fingerprint density at radius 1 is 1.26 bits per heavy atom. The summed E-state index contributed by atoms with van der Waals surface area (Å²) in [6.07, 6.45) is -5.08. The van der Waals surface area contributed by atoms with Gasteiger partial charge in [0.15, 0.2) is 11.5 Å². The van der Waals surface area contributed by atoms with Crippen molar-refractivity contribution in [3.05, 3.63) is 63.9 Å². The number of urea groups is 1. The van der Waals surface area contributed by atoms with Gasteiger partial charge < -0.3 is 15.5 Å². The summed E-state index contributed by atoms with van der Waals surface area (Å²) in [5.41, 5.74) is -2.13. The molecule has 1 aromatic heterocycles. The number of piperazine rings is 1. The molecule has 0 spiro atoms. The molecule has 3 amide bonds. The highest BCUT2D eigenvalue weighted by atomic mass is 35.5. The summed E-state index contributed by atoms with van der Waals surface area (Å²) < 4.78 is 67.1. The predicted octanol–water partition coefficient (Wildman–Crippen LogP) is 3.65. The van der Waals surface area contributed by atoms with Crippen LogP contribution in [0.1, 0.15) is 29.9 Å². The second-order valence-electron chi connectivity index (χ2n) is 6.78. The van der Waals surface area contributed by atoms with Gasteiger partial charge in [0.1, 0.15) is 11.9 Å². The van der Waals surface area contributed by atoms with Crippen molar-refractivity contribution in [2.75, 3.05) is 13.1 Å². The van der Waals surface area contributed by atoms with Gasteiger partial charge in [-0.2, -0.15) is 13.2 Å². The van der Waals surface area contributed by atoms with Crippen molar-refractivity contribution < 1.29 is 31.5 Å². The van der Waals surface area contributed by atoms with E-state index in [0.29, 0.717) is 6.07 Å². The largest absolute Gasteiger partial charge is 0.436 e.